The van der Waals surface area contributed by atoms with Crippen molar-refractivity contribution in [3.63, 3.8) is 0 Å². The molecular weight excluding hydrogens is 366 g/mol. The molecule has 0 unspecified atom stereocenters. The number of oxazole rings is 1. The second-order valence-corrected chi connectivity index (χ2v) is 8.60. The molecule has 2 aromatic heterocycles. The molecule has 0 aliphatic carbocycles. The standard InChI is InChI=1S/C19H21N3O2S2/c1-4-14-10-20-15(24-14)12-25-16-11-21-18(26-16)22-17(23)19(2,3)13-8-6-5-7-9-13/h5-11H,4,12H2,1-3H3,(H,21,22,23). The van der Waals surface area contributed by atoms with Crippen LogP contribution in [0.25, 0.3) is 0 Å². The van der Waals surface area contributed by atoms with E-state index in [2.05, 4.69) is 15.3 Å². The average molecular weight is 388 g/mol. The van der Waals surface area contributed by atoms with Gasteiger partial charge in [0.15, 0.2) is 5.13 Å². The van der Waals surface area contributed by atoms with Crippen molar-refractivity contribution in [1.82, 2.24) is 9.97 Å². The summed E-state index contributed by atoms with van der Waals surface area (Å²) < 4.78 is 6.61. The number of thiazole rings is 1. The van der Waals surface area contributed by atoms with Gasteiger partial charge in [-0.25, -0.2) is 9.97 Å². The molecule has 5 nitrogen and oxygen atoms in total. The summed E-state index contributed by atoms with van der Waals surface area (Å²) in [5.41, 5.74) is 0.341. The number of carbonyl (C=O) groups is 1. The molecule has 0 fully saturated rings. The fourth-order valence-corrected chi connectivity index (χ4v) is 4.06. The highest BCUT2D eigenvalue weighted by Gasteiger charge is 2.30. The van der Waals surface area contributed by atoms with Crippen LogP contribution in [0.5, 0.6) is 0 Å². The Labute approximate surface area is 161 Å². The number of aromatic nitrogens is 2. The maximum atomic E-state index is 12.7. The lowest BCUT2D eigenvalue weighted by Crippen LogP contribution is -2.34. The Morgan fingerprint density at radius 1 is 1.23 bits per heavy atom. The number of rotatable bonds is 7. The first-order valence-electron chi connectivity index (χ1n) is 8.38. The summed E-state index contributed by atoms with van der Waals surface area (Å²) in [4.78, 5) is 21.2. The van der Waals surface area contributed by atoms with Crippen molar-refractivity contribution < 1.29 is 9.21 Å². The maximum absolute atomic E-state index is 12.7. The quantitative estimate of drug-likeness (QED) is 0.584. The lowest BCUT2D eigenvalue weighted by molar-refractivity contribution is -0.120. The van der Waals surface area contributed by atoms with Gasteiger partial charge in [0.05, 0.1) is 27.8 Å². The van der Waals surface area contributed by atoms with Gasteiger partial charge in [-0.2, -0.15) is 0 Å². The number of carbonyl (C=O) groups excluding carboxylic acids is 1. The first-order chi connectivity index (χ1) is 12.5. The Balaban J connectivity index is 1.60. The van der Waals surface area contributed by atoms with Crippen LogP contribution in [0.1, 0.15) is 38.0 Å². The van der Waals surface area contributed by atoms with Gasteiger partial charge in [-0.1, -0.05) is 48.6 Å². The van der Waals surface area contributed by atoms with Gasteiger partial charge in [0.1, 0.15) is 5.76 Å². The van der Waals surface area contributed by atoms with Crippen LogP contribution in [0.3, 0.4) is 0 Å². The highest BCUT2D eigenvalue weighted by molar-refractivity contribution is 8.00. The van der Waals surface area contributed by atoms with Gasteiger partial charge >= 0.3 is 0 Å². The van der Waals surface area contributed by atoms with Gasteiger partial charge in [0.25, 0.3) is 0 Å². The minimum absolute atomic E-state index is 0.0742. The second-order valence-electron chi connectivity index (χ2n) is 6.29. The minimum Gasteiger partial charge on any atom is -0.445 e. The molecule has 0 aliphatic heterocycles. The third-order valence-corrected chi connectivity index (χ3v) is 6.15. The summed E-state index contributed by atoms with van der Waals surface area (Å²) in [7, 11) is 0. The first-order valence-corrected chi connectivity index (χ1v) is 10.2. The summed E-state index contributed by atoms with van der Waals surface area (Å²) >= 11 is 3.05. The SMILES string of the molecule is CCc1cnc(CSc2cnc(NC(=O)C(C)(C)c3ccccc3)s2)o1. The predicted octanol–water partition coefficient (Wildman–Crippen LogP) is 4.90. The smallest absolute Gasteiger partial charge is 0.236 e. The van der Waals surface area contributed by atoms with Crippen LogP contribution in [0.2, 0.25) is 0 Å². The van der Waals surface area contributed by atoms with Crippen molar-refractivity contribution >= 4 is 34.1 Å². The number of nitrogens with one attached hydrogen (secondary N) is 1. The molecule has 0 spiro atoms. The van der Waals surface area contributed by atoms with Gasteiger partial charge in [0, 0.05) is 6.42 Å². The lowest BCUT2D eigenvalue weighted by atomic mass is 9.84. The fourth-order valence-electron chi connectivity index (χ4n) is 2.33. The molecule has 0 bridgehead atoms. The van der Waals surface area contributed by atoms with Crippen LogP contribution in [0, 0.1) is 0 Å². The van der Waals surface area contributed by atoms with Crippen molar-refractivity contribution in [2.45, 2.75) is 42.6 Å². The van der Waals surface area contributed by atoms with Gasteiger partial charge in [-0.15, -0.1) is 11.8 Å². The molecule has 0 saturated carbocycles. The lowest BCUT2D eigenvalue weighted by Gasteiger charge is -2.23. The molecule has 3 aromatic rings. The van der Waals surface area contributed by atoms with Gasteiger partial charge < -0.3 is 9.73 Å². The second kappa shape index (κ2) is 8.05. The molecular formula is C19H21N3O2S2. The summed E-state index contributed by atoms with van der Waals surface area (Å²) in [5, 5.41) is 3.53. The first kappa shape index (κ1) is 18.7. The maximum Gasteiger partial charge on any atom is 0.236 e. The minimum atomic E-state index is -0.630. The third-order valence-electron chi connectivity index (χ3n) is 4.06. The van der Waals surface area contributed by atoms with E-state index in [1.54, 1.807) is 24.2 Å². The molecule has 0 atom stereocenters. The van der Waals surface area contributed by atoms with E-state index in [1.807, 2.05) is 51.1 Å². The normalized spacial score (nSPS) is 11.5. The zero-order valence-electron chi connectivity index (χ0n) is 15.0. The zero-order valence-corrected chi connectivity index (χ0v) is 16.6. The fraction of sp³-hybridized carbons (Fsp3) is 0.316. The van der Waals surface area contributed by atoms with E-state index in [0.717, 1.165) is 22.0 Å². The summed E-state index contributed by atoms with van der Waals surface area (Å²) in [6, 6.07) is 9.75. The summed E-state index contributed by atoms with van der Waals surface area (Å²) in [6.07, 6.45) is 4.37. The van der Waals surface area contributed by atoms with Crippen LogP contribution in [0.15, 0.2) is 51.4 Å². The van der Waals surface area contributed by atoms with Crippen molar-refractivity contribution in [1.29, 1.82) is 0 Å². The number of nitrogens with zero attached hydrogens (tertiary/aromatic N) is 2. The molecule has 136 valence electrons. The Kier molecular flexibility index (Phi) is 5.78. The molecule has 1 N–H and O–H groups in total. The van der Waals surface area contributed by atoms with E-state index >= 15 is 0 Å². The molecule has 0 aliphatic rings. The van der Waals surface area contributed by atoms with E-state index < -0.39 is 5.41 Å². The van der Waals surface area contributed by atoms with Gasteiger partial charge in [0.2, 0.25) is 11.8 Å². The van der Waals surface area contributed by atoms with Crippen molar-refractivity contribution in [2.75, 3.05) is 5.32 Å². The molecule has 0 saturated heterocycles. The number of thioether (sulfide) groups is 1. The molecule has 26 heavy (non-hydrogen) atoms. The molecule has 7 heteroatoms. The van der Waals surface area contributed by atoms with E-state index in [9.17, 15) is 4.79 Å². The van der Waals surface area contributed by atoms with Crippen molar-refractivity contribution in [2.24, 2.45) is 0 Å². The molecule has 0 radical (unpaired) electrons. The Morgan fingerprint density at radius 2 is 2.00 bits per heavy atom. The van der Waals surface area contributed by atoms with Crippen LogP contribution in [-0.2, 0) is 22.4 Å². The topological polar surface area (TPSA) is 68.0 Å². The van der Waals surface area contributed by atoms with Gasteiger partial charge in [-0.3, -0.25) is 4.79 Å². The average Bonchev–Trinajstić information content (AvgIpc) is 3.29. The van der Waals surface area contributed by atoms with E-state index in [4.69, 9.17) is 4.42 Å². The summed E-state index contributed by atoms with van der Waals surface area (Å²) in [5.74, 6) is 2.16. The van der Waals surface area contributed by atoms with Crippen LogP contribution in [-0.4, -0.2) is 15.9 Å². The van der Waals surface area contributed by atoms with E-state index in [0.29, 0.717) is 16.8 Å². The van der Waals surface area contributed by atoms with Crippen LogP contribution >= 0.6 is 23.1 Å². The third kappa shape index (κ3) is 4.34. The molecule has 1 amide bonds. The molecule has 3 rings (SSSR count). The van der Waals surface area contributed by atoms with Crippen molar-refractivity contribution in [3.05, 3.63) is 59.9 Å². The number of aryl methyl sites for hydroxylation is 1. The highest BCUT2D eigenvalue weighted by atomic mass is 32.2. The largest absolute Gasteiger partial charge is 0.445 e. The zero-order chi connectivity index (χ0) is 18.6. The Hall–Kier alpha value is -2.12. The highest BCUT2D eigenvalue weighted by Crippen LogP contribution is 2.32. The number of anilines is 1. The monoisotopic (exact) mass is 387 g/mol. The number of hydrogen-bond acceptors (Lipinski definition) is 6. The van der Waals surface area contributed by atoms with Crippen LogP contribution in [0.4, 0.5) is 5.13 Å². The summed E-state index contributed by atoms with van der Waals surface area (Å²) in [6.45, 7) is 5.86. The van der Waals surface area contributed by atoms with Crippen LogP contribution < -0.4 is 5.32 Å². The van der Waals surface area contributed by atoms with Crippen molar-refractivity contribution in [3.8, 4) is 0 Å². The molecule has 2 heterocycles. The number of benzene rings is 1. The van der Waals surface area contributed by atoms with Gasteiger partial charge in [-0.05, 0) is 19.4 Å². The van der Waals surface area contributed by atoms with E-state index in [1.165, 1.54) is 11.3 Å². The number of hydrogen-bond donors (Lipinski definition) is 1. The van der Waals surface area contributed by atoms with E-state index in [-0.39, 0.29) is 5.91 Å². The predicted molar refractivity (Wildman–Crippen MR) is 106 cm³/mol. The Bertz CT molecular complexity index is 872. The Morgan fingerprint density at radius 3 is 2.69 bits per heavy atom. The number of amides is 1. The molecule has 1 aromatic carbocycles.